The largest absolute Gasteiger partial charge is 0.377 e. The van der Waals surface area contributed by atoms with Crippen LogP contribution >= 0.6 is 11.3 Å². The molecule has 20 heavy (non-hydrogen) atoms. The van der Waals surface area contributed by atoms with Crippen LogP contribution in [0.1, 0.15) is 11.8 Å². The van der Waals surface area contributed by atoms with Gasteiger partial charge >= 0.3 is 0 Å². The van der Waals surface area contributed by atoms with Gasteiger partial charge in [-0.25, -0.2) is 0 Å². The van der Waals surface area contributed by atoms with Crippen molar-refractivity contribution >= 4 is 34.3 Å². The molecule has 0 aliphatic carbocycles. The summed E-state index contributed by atoms with van der Waals surface area (Å²) in [6.07, 6.45) is 3.58. The predicted molar refractivity (Wildman–Crippen MR) is 84.5 cm³/mol. The molecule has 0 radical (unpaired) electrons. The third-order valence-corrected chi connectivity index (χ3v) is 3.70. The SMILES string of the molecule is CC(=O)Nc1ccsc1CNc1cnccc1N(C)C. The second-order valence-corrected chi connectivity index (χ2v) is 5.58. The van der Waals surface area contributed by atoms with E-state index >= 15 is 0 Å². The van der Waals surface area contributed by atoms with Gasteiger partial charge in [-0.05, 0) is 17.5 Å². The molecule has 2 aromatic heterocycles. The smallest absolute Gasteiger partial charge is 0.221 e. The Bertz CT molecular complexity index is 594. The number of rotatable bonds is 5. The molecule has 0 atom stereocenters. The summed E-state index contributed by atoms with van der Waals surface area (Å²) >= 11 is 1.61. The number of anilines is 3. The lowest BCUT2D eigenvalue weighted by Gasteiger charge is -2.17. The topological polar surface area (TPSA) is 57.3 Å². The highest BCUT2D eigenvalue weighted by molar-refractivity contribution is 7.10. The molecule has 5 nitrogen and oxygen atoms in total. The van der Waals surface area contributed by atoms with Crippen LogP contribution in [0.15, 0.2) is 29.9 Å². The Labute approximate surface area is 122 Å². The number of hydrogen-bond donors (Lipinski definition) is 2. The summed E-state index contributed by atoms with van der Waals surface area (Å²) in [6, 6.07) is 3.88. The number of carbonyl (C=O) groups is 1. The average molecular weight is 290 g/mol. The third-order valence-electron chi connectivity index (χ3n) is 2.78. The summed E-state index contributed by atoms with van der Waals surface area (Å²) in [5.41, 5.74) is 2.92. The Morgan fingerprint density at radius 3 is 2.85 bits per heavy atom. The molecule has 0 aliphatic heterocycles. The van der Waals surface area contributed by atoms with E-state index in [1.54, 1.807) is 23.7 Å². The molecule has 0 spiro atoms. The summed E-state index contributed by atoms with van der Waals surface area (Å²) in [6.45, 7) is 2.17. The maximum atomic E-state index is 11.1. The summed E-state index contributed by atoms with van der Waals surface area (Å²) in [5.74, 6) is -0.0555. The molecule has 0 aliphatic rings. The van der Waals surface area contributed by atoms with E-state index in [0.29, 0.717) is 6.54 Å². The van der Waals surface area contributed by atoms with Gasteiger partial charge in [-0.15, -0.1) is 11.3 Å². The van der Waals surface area contributed by atoms with Crippen molar-refractivity contribution in [3.8, 4) is 0 Å². The zero-order chi connectivity index (χ0) is 14.5. The van der Waals surface area contributed by atoms with Gasteiger partial charge in [-0.2, -0.15) is 0 Å². The molecule has 0 unspecified atom stereocenters. The van der Waals surface area contributed by atoms with Gasteiger partial charge in [0.15, 0.2) is 0 Å². The molecule has 0 aromatic carbocycles. The van der Waals surface area contributed by atoms with Gasteiger partial charge in [-0.1, -0.05) is 0 Å². The summed E-state index contributed by atoms with van der Waals surface area (Å²) < 4.78 is 0. The molecule has 0 fully saturated rings. The highest BCUT2D eigenvalue weighted by Crippen LogP contribution is 2.26. The van der Waals surface area contributed by atoms with Crippen LogP contribution < -0.4 is 15.5 Å². The fourth-order valence-electron chi connectivity index (χ4n) is 1.87. The number of carbonyl (C=O) groups excluding carboxylic acids is 1. The van der Waals surface area contributed by atoms with Gasteiger partial charge in [0.2, 0.25) is 5.91 Å². The zero-order valence-corrected chi connectivity index (χ0v) is 12.6. The van der Waals surface area contributed by atoms with E-state index in [1.165, 1.54) is 6.92 Å². The minimum atomic E-state index is -0.0555. The number of nitrogens with one attached hydrogen (secondary N) is 2. The normalized spacial score (nSPS) is 10.2. The lowest BCUT2D eigenvalue weighted by atomic mass is 10.3. The van der Waals surface area contributed by atoms with Crippen molar-refractivity contribution < 1.29 is 4.79 Å². The summed E-state index contributed by atoms with van der Waals surface area (Å²) in [4.78, 5) is 18.4. The highest BCUT2D eigenvalue weighted by atomic mass is 32.1. The molecule has 0 bridgehead atoms. The number of pyridine rings is 1. The molecule has 2 aromatic rings. The third kappa shape index (κ3) is 3.48. The quantitative estimate of drug-likeness (QED) is 0.889. The molecule has 1 amide bonds. The maximum Gasteiger partial charge on any atom is 0.221 e. The van der Waals surface area contributed by atoms with E-state index in [9.17, 15) is 4.79 Å². The Morgan fingerprint density at radius 1 is 1.35 bits per heavy atom. The highest BCUT2D eigenvalue weighted by Gasteiger charge is 2.08. The first kappa shape index (κ1) is 14.3. The van der Waals surface area contributed by atoms with Crippen molar-refractivity contribution in [1.29, 1.82) is 0 Å². The van der Waals surface area contributed by atoms with E-state index in [-0.39, 0.29) is 5.91 Å². The minimum absolute atomic E-state index is 0.0555. The summed E-state index contributed by atoms with van der Waals surface area (Å²) in [5, 5.41) is 8.17. The van der Waals surface area contributed by atoms with Crippen LogP contribution in [0.25, 0.3) is 0 Å². The van der Waals surface area contributed by atoms with Crippen molar-refractivity contribution in [2.45, 2.75) is 13.5 Å². The Kier molecular flexibility index (Phi) is 4.57. The van der Waals surface area contributed by atoms with Crippen molar-refractivity contribution in [3.63, 3.8) is 0 Å². The van der Waals surface area contributed by atoms with Gasteiger partial charge in [0.25, 0.3) is 0 Å². The molecular formula is C14H18N4OS. The second-order valence-electron chi connectivity index (χ2n) is 4.58. The fraction of sp³-hybridized carbons (Fsp3) is 0.286. The van der Waals surface area contributed by atoms with Crippen LogP contribution in [0.3, 0.4) is 0 Å². The van der Waals surface area contributed by atoms with Crippen molar-refractivity contribution in [3.05, 3.63) is 34.8 Å². The zero-order valence-electron chi connectivity index (χ0n) is 11.8. The fourth-order valence-corrected chi connectivity index (χ4v) is 2.64. The van der Waals surface area contributed by atoms with Crippen LogP contribution in [0, 0.1) is 0 Å². The van der Waals surface area contributed by atoms with Crippen LogP contribution in [-0.4, -0.2) is 25.0 Å². The number of aromatic nitrogens is 1. The minimum Gasteiger partial charge on any atom is -0.377 e. The molecular weight excluding hydrogens is 272 g/mol. The van der Waals surface area contributed by atoms with Gasteiger partial charge < -0.3 is 15.5 Å². The average Bonchev–Trinajstić information content (AvgIpc) is 2.83. The molecule has 2 heterocycles. The Balaban J connectivity index is 2.09. The first-order valence-corrected chi connectivity index (χ1v) is 7.15. The number of thiophene rings is 1. The maximum absolute atomic E-state index is 11.1. The van der Waals surface area contributed by atoms with Gasteiger partial charge in [-0.3, -0.25) is 9.78 Å². The lowest BCUT2D eigenvalue weighted by Crippen LogP contribution is -2.13. The Morgan fingerprint density at radius 2 is 2.15 bits per heavy atom. The molecule has 2 rings (SSSR count). The van der Waals surface area contributed by atoms with E-state index in [2.05, 4.69) is 15.6 Å². The van der Waals surface area contributed by atoms with E-state index in [4.69, 9.17) is 0 Å². The van der Waals surface area contributed by atoms with Gasteiger partial charge in [0.05, 0.1) is 29.8 Å². The van der Waals surface area contributed by atoms with E-state index in [1.807, 2.05) is 36.5 Å². The summed E-state index contributed by atoms with van der Waals surface area (Å²) in [7, 11) is 3.99. The van der Waals surface area contributed by atoms with Crippen molar-refractivity contribution in [1.82, 2.24) is 4.98 Å². The number of hydrogen-bond acceptors (Lipinski definition) is 5. The van der Waals surface area contributed by atoms with E-state index in [0.717, 1.165) is 21.9 Å². The predicted octanol–water partition coefficient (Wildman–Crippen LogP) is 2.78. The molecule has 2 N–H and O–H groups in total. The monoisotopic (exact) mass is 290 g/mol. The van der Waals surface area contributed by atoms with Crippen molar-refractivity contribution in [2.24, 2.45) is 0 Å². The first-order chi connectivity index (χ1) is 9.58. The standard InChI is InChI=1S/C14H18N4OS/c1-10(19)17-11-5-7-20-14(11)9-16-12-8-15-6-4-13(12)18(2)3/h4-8,16H,9H2,1-3H3,(H,17,19). The molecule has 106 valence electrons. The van der Waals surface area contributed by atoms with Gasteiger partial charge in [0, 0.05) is 32.1 Å². The second kappa shape index (κ2) is 6.38. The van der Waals surface area contributed by atoms with Crippen LogP contribution in [0.2, 0.25) is 0 Å². The van der Waals surface area contributed by atoms with Gasteiger partial charge in [0.1, 0.15) is 0 Å². The molecule has 0 saturated heterocycles. The number of amides is 1. The molecule has 0 saturated carbocycles. The van der Waals surface area contributed by atoms with Crippen molar-refractivity contribution in [2.75, 3.05) is 29.6 Å². The van der Waals surface area contributed by atoms with E-state index < -0.39 is 0 Å². The lowest BCUT2D eigenvalue weighted by molar-refractivity contribution is -0.114. The Hall–Kier alpha value is -2.08. The number of nitrogens with zero attached hydrogens (tertiary/aromatic N) is 2. The van der Waals surface area contributed by atoms with Crippen LogP contribution in [0.4, 0.5) is 17.1 Å². The first-order valence-electron chi connectivity index (χ1n) is 6.27. The molecule has 6 heteroatoms. The van der Waals surface area contributed by atoms with Crippen LogP contribution in [-0.2, 0) is 11.3 Å². The van der Waals surface area contributed by atoms with Crippen LogP contribution in [0.5, 0.6) is 0 Å².